The fourth-order valence-electron chi connectivity index (χ4n) is 2.80. The molecule has 1 aromatic carbocycles. The van der Waals surface area contributed by atoms with Crippen LogP contribution >= 0.6 is 0 Å². The number of carbonyl (C=O) groups excluding carboxylic acids is 2. The van der Waals surface area contributed by atoms with Crippen LogP contribution in [-0.4, -0.2) is 83.2 Å². The minimum absolute atomic E-state index is 0.0225. The highest BCUT2D eigenvalue weighted by molar-refractivity contribution is 7.92. The van der Waals surface area contributed by atoms with Gasteiger partial charge in [0.2, 0.25) is 15.9 Å². The summed E-state index contributed by atoms with van der Waals surface area (Å²) >= 11 is 0. The number of piperazine rings is 1. The van der Waals surface area contributed by atoms with E-state index in [0.717, 1.165) is 23.7 Å². The van der Waals surface area contributed by atoms with Crippen molar-refractivity contribution in [3.8, 4) is 0 Å². The number of sulfonamides is 1. The first-order valence-corrected chi connectivity index (χ1v) is 10.2. The van der Waals surface area contributed by atoms with Crippen molar-refractivity contribution in [1.29, 1.82) is 0 Å². The second kappa shape index (κ2) is 8.50. The third-order valence-corrected chi connectivity index (χ3v) is 5.53. The normalized spacial score (nSPS) is 15.6. The van der Waals surface area contributed by atoms with E-state index in [-0.39, 0.29) is 24.4 Å². The lowest BCUT2D eigenvalue weighted by atomic mass is 10.2. The van der Waals surface area contributed by atoms with Crippen LogP contribution < -0.4 is 4.31 Å². The molecule has 8 nitrogen and oxygen atoms in total. The summed E-state index contributed by atoms with van der Waals surface area (Å²) in [7, 11) is -0.337. The van der Waals surface area contributed by atoms with Crippen molar-refractivity contribution in [3.63, 3.8) is 0 Å². The molecule has 0 bridgehead atoms. The van der Waals surface area contributed by atoms with Gasteiger partial charge in [0.05, 0.1) is 24.6 Å². The van der Waals surface area contributed by atoms with Crippen molar-refractivity contribution < 1.29 is 22.7 Å². The second-order valence-electron chi connectivity index (χ2n) is 6.31. The van der Waals surface area contributed by atoms with E-state index in [9.17, 15) is 18.0 Å². The van der Waals surface area contributed by atoms with Crippen molar-refractivity contribution in [2.45, 2.75) is 6.42 Å². The molecule has 0 atom stereocenters. The summed E-state index contributed by atoms with van der Waals surface area (Å²) in [5.41, 5.74) is 0.589. The fourth-order valence-corrected chi connectivity index (χ4v) is 3.72. The van der Waals surface area contributed by atoms with E-state index in [1.54, 1.807) is 23.1 Å². The number of esters is 1. The summed E-state index contributed by atoms with van der Waals surface area (Å²) in [6.07, 6.45) is 1.16. The Hall–Kier alpha value is -2.13. The van der Waals surface area contributed by atoms with Crippen LogP contribution in [0, 0.1) is 0 Å². The first-order chi connectivity index (χ1) is 12.2. The molecule has 1 saturated heterocycles. The van der Waals surface area contributed by atoms with Gasteiger partial charge in [-0.25, -0.2) is 13.2 Å². The van der Waals surface area contributed by atoms with Crippen molar-refractivity contribution in [1.82, 2.24) is 9.80 Å². The Kier molecular flexibility index (Phi) is 6.60. The Balaban J connectivity index is 2.11. The average Bonchev–Trinajstić information content (AvgIpc) is 2.60. The topological polar surface area (TPSA) is 87.2 Å². The highest BCUT2D eigenvalue weighted by Crippen LogP contribution is 2.20. The zero-order chi connectivity index (χ0) is 19.3. The van der Waals surface area contributed by atoms with Gasteiger partial charge in [0.1, 0.15) is 0 Å². The molecule has 0 unspecified atom stereocenters. The summed E-state index contributed by atoms with van der Waals surface area (Å²) in [5.74, 6) is -0.621. The summed E-state index contributed by atoms with van der Waals surface area (Å²) in [5, 5.41) is 0. The van der Waals surface area contributed by atoms with Gasteiger partial charge in [0, 0.05) is 39.1 Å². The third kappa shape index (κ3) is 5.18. The van der Waals surface area contributed by atoms with E-state index in [2.05, 4.69) is 9.64 Å². The number of anilines is 1. The Bertz CT molecular complexity index is 757. The quantitative estimate of drug-likeness (QED) is 0.661. The van der Waals surface area contributed by atoms with Crippen LogP contribution in [0.3, 0.4) is 0 Å². The first kappa shape index (κ1) is 20.2. The number of likely N-dealkylation sites (N-methyl/N-ethyl adjacent to an activating group) is 1. The third-order valence-electron chi connectivity index (χ3n) is 4.34. The monoisotopic (exact) mass is 383 g/mol. The van der Waals surface area contributed by atoms with Crippen molar-refractivity contribution in [2.24, 2.45) is 0 Å². The molecule has 144 valence electrons. The number of carbonyl (C=O) groups is 2. The number of rotatable bonds is 6. The number of benzene rings is 1. The molecule has 1 fully saturated rings. The fraction of sp³-hybridized carbons (Fsp3) is 0.529. The minimum atomic E-state index is -3.60. The summed E-state index contributed by atoms with van der Waals surface area (Å²) in [6, 6.07) is 6.17. The smallest absolute Gasteiger partial charge is 0.337 e. The average molecular weight is 383 g/mol. The lowest BCUT2D eigenvalue weighted by Gasteiger charge is -2.33. The number of nitrogens with zero attached hydrogens (tertiary/aromatic N) is 3. The molecule has 0 radical (unpaired) electrons. The Morgan fingerprint density at radius 2 is 1.85 bits per heavy atom. The summed E-state index contributed by atoms with van der Waals surface area (Å²) in [4.78, 5) is 28.0. The minimum Gasteiger partial charge on any atom is -0.465 e. The van der Waals surface area contributed by atoms with E-state index >= 15 is 0 Å². The maximum Gasteiger partial charge on any atom is 0.337 e. The molecule has 0 aromatic heterocycles. The van der Waals surface area contributed by atoms with E-state index in [1.807, 2.05) is 7.05 Å². The number of hydrogen-bond donors (Lipinski definition) is 0. The zero-order valence-corrected chi connectivity index (χ0v) is 16.2. The van der Waals surface area contributed by atoms with Gasteiger partial charge in [0.25, 0.3) is 0 Å². The zero-order valence-electron chi connectivity index (χ0n) is 15.3. The molecule has 1 aliphatic rings. The predicted octanol–water partition coefficient (Wildman–Crippen LogP) is 0.403. The van der Waals surface area contributed by atoms with Gasteiger partial charge in [-0.15, -0.1) is 0 Å². The number of ether oxygens (including phenoxy) is 1. The Labute approximate surface area is 154 Å². The lowest BCUT2D eigenvalue weighted by Crippen LogP contribution is -2.48. The highest BCUT2D eigenvalue weighted by Gasteiger charge is 2.23. The highest BCUT2D eigenvalue weighted by atomic mass is 32.2. The van der Waals surface area contributed by atoms with Gasteiger partial charge >= 0.3 is 5.97 Å². The van der Waals surface area contributed by atoms with E-state index < -0.39 is 16.0 Å². The summed E-state index contributed by atoms with van der Waals surface area (Å²) < 4.78 is 30.2. The largest absolute Gasteiger partial charge is 0.465 e. The number of hydrogen-bond acceptors (Lipinski definition) is 6. The maximum absolute atomic E-state index is 12.4. The van der Waals surface area contributed by atoms with Gasteiger partial charge in [-0.05, 0) is 25.2 Å². The molecular weight excluding hydrogens is 358 g/mol. The van der Waals surface area contributed by atoms with Crippen LogP contribution in [0.25, 0.3) is 0 Å². The van der Waals surface area contributed by atoms with Crippen molar-refractivity contribution in [3.05, 3.63) is 29.8 Å². The molecule has 1 aromatic rings. The molecule has 0 spiro atoms. The van der Waals surface area contributed by atoms with E-state index in [0.29, 0.717) is 18.8 Å². The van der Waals surface area contributed by atoms with Gasteiger partial charge in [-0.3, -0.25) is 9.10 Å². The van der Waals surface area contributed by atoms with E-state index in [4.69, 9.17) is 0 Å². The standard InChI is InChI=1S/C17H25N3O5S/c1-18-9-11-19(12-10-18)16(21)7-8-20(26(3,23)24)15-6-4-5-14(13-15)17(22)25-2/h4-6,13H,7-12H2,1-3H3. The summed E-state index contributed by atoms with van der Waals surface area (Å²) in [6.45, 7) is 2.93. The van der Waals surface area contributed by atoms with Crippen LogP contribution in [0.2, 0.25) is 0 Å². The number of amides is 1. The van der Waals surface area contributed by atoms with E-state index in [1.165, 1.54) is 13.2 Å². The lowest BCUT2D eigenvalue weighted by molar-refractivity contribution is -0.132. The number of methoxy groups -OCH3 is 1. The van der Waals surface area contributed by atoms with Crippen molar-refractivity contribution in [2.75, 3.05) is 57.4 Å². The van der Waals surface area contributed by atoms with Crippen LogP contribution in [-0.2, 0) is 19.6 Å². The molecule has 1 aliphatic heterocycles. The van der Waals surface area contributed by atoms with Gasteiger partial charge in [-0.1, -0.05) is 6.07 Å². The van der Waals surface area contributed by atoms with Crippen molar-refractivity contribution >= 4 is 27.6 Å². The van der Waals surface area contributed by atoms with Gasteiger partial charge in [-0.2, -0.15) is 0 Å². The molecule has 0 aliphatic carbocycles. The second-order valence-corrected chi connectivity index (χ2v) is 8.22. The maximum atomic E-state index is 12.4. The molecule has 26 heavy (non-hydrogen) atoms. The van der Waals surface area contributed by atoms with Crippen LogP contribution in [0.4, 0.5) is 5.69 Å². The molecule has 1 amide bonds. The molecule has 2 rings (SSSR count). The Morgan fingerprint density at radius 3 is 2.42 bits per heavy atom. The predicted molar refractivity (Wildman–Crippen MR) is 98.7 cm³/mol. The Morgan fingerprint density at radius 1 is 1.19 bits per heavy atom. The van der Waals surface area contributed by atoms with Crippen LogP contribution in [0.15, 0.2) is 24.3 Å². The molecule has 1 heterocycles. The molecule has 0 N–H and O–H groups in total. The van der Waals surface area contributed by atoms with Crippen LogP contribution in [0.5, 0.6) is 0 Å². The SMILES string of the molecule is COC(=O)c1cccc(N(CCC(=O)N2CCN(C)CC2)S(C)(=O)=O)c1. The molecule has 0 saturated carbocycles. The van der Waals surface area contributed by atoms with Gasteiger partial charge < -0.3 is 14.5 Å². The van der Waals surface area contributed by atoms with Gasteiger partial charge in [0.15, 0.2) is 0 Å². The first-order valence-electron chi connectivity index (χ1n) is 8.35. The van der Waals surface area contributed by atoms with Crippen LogP contribution in [0.1, 0.15) is 16.8 Å². The molecular formula is C17H25N3O5S. The molecule has 9 heteroatoms.